The number of nitrogens with zero attached hydrogens (tertiary/aromatic N) is 1. The van der Waals surface area contributed by atoms with Crippen molar-refractivity contribution in [1.82, 2.24) is 4.98 Å². The number of halogens is 1. The third-order valence-electron chi connectivity index (χ3n) is 2.31. The van der Waals surface area contributed by atoms with Crippen LogP contribution in [0.15, 0.2) is 39.5 Å². The van der Waals surface area contributed by atoms with Crippen molar-refractivity contribution in [1.29, 1.82) is 0 Å². The Morgan fingerprint density at radius 1 is 1.47 bits per heavy atom. The van der Waals surface area contributed by atoms with Crippen LogP contribution in [0.2, 0.25) is 0 Å². The van der Waals surface area contributed by atoms with Gasteiger partial charge in [-0.2, -0.15) is 0 Å². The summed E-state index contributed by atoms with van der Waals surface area (Å²) < 4.78 is 6.22. The molecule has 0 radical (unpaired) electrons. The Balaban J connectivity index is 2.41. The minimum absolute atomic E-state index is 0.275. The Morgan fingerprint density at radius 3 is 2.87 bits per heavy atom. The van der Waals surface area contributed by atoms with Gasteiger partial charge in [-0.05, 0) is 40.5 Å². The van der Waals surface area contributed by atoms with Gasteiger partial charge >= 0.3 is 0 Å². The van der Waals surface area contributed by atoms with Gasteiger partial charge in [0.2, 0.25) is 0 Å². The smallest absolute Gasteiger partial charge is 0.139 e. The van der Waals surface area contributed by atoms with E-state index >= 15 is 0 Å². The molecule has 2 heterocycles. The van der Waals surface area contributed by atoms with E-state index in [4.69, 9.17) is 10.2 Å². The molecule has 0 aliphatic carbocycles. The molecule has 2 aromatic heterocycles. The maximum Gasteiger partial charge on any atom is 0.139 e. The Labute approximate surface area is 96.4 Å². The lowest BCUT2D eigenvalue weighted by molar-refractivity contribution is 0.486. The van der Waals surface area contributed by atoms with E-state index in [1.54, 1.807) is 12.5 Å². The van der Waals surface area contributed by atoms with E-state index in [-0.39, 0.29) is 6.04 Å². The predicted molar refractivity (Wildman–Crippen MR) is 61.4 cm³/mol. The van der Waals surface area contributed by atoms with Crippen LogP contribution in [0.25, 0.3) is 0 Å². The van der Waals surface area contributed by atoms with Gasteiger partial charge < -0.3 is 10.2 Å². The normalized spacial score (nSPS) is 12.7. The molecular weight excluding hydrogens is 256 g/mol. The van der Waals surface area contributed by atoms with E-state index in [1.165, 1.54) is 0 Å². The summed E-state index contributed by atoms with van der Waals surface area (Å²) in [5.41, 5.74) is 8.00. The molecule has 0 saturated carbocycles. The van der Waals surface area contributed by atoms with Gasteiger partial charge in [0.15, 0.2) is 0 Å². The molecule has 15 heavy (non-hydrogen) atoms. The average Bonchev–Trinajstić information content (AvgIpc) is 2.64. The molecule has 0 aliphatic rings. The molecule has 1 unspecified atom stereocenters. The third kappa shape index (κ3) is 1.96. The minimum atomic E-state index is -0.275. The lowest BCUT2D eigenvalue weighted by Crippen LogP contribution is -2.13. The highest BCUT2D eigenvalue weighted by Crippen LogP contribution is 2.28. The summed E-state index contributed by atoms with van der Waals surface area (Å²) in [6.45, 7) is 1.94. The lowest BCUT2D eigenvalue weighted by Gasteiger charge is -2.11. The minimum Gasteiger partial charge on any atom is -0.466 e. The quantitative estimate of drug-likeness (QED) is 0.910. The average molecular weight is 267 g/mol. The number of rotatable bonds is 2. The van der Waals surface area contributed by atoms with E-state index in [0.29, 0.717) is 0 Å². The molecule has 1 atom stereocenters. The zero-order chi connectivity index (χ0) is 10.8. The summed E-state index contributed by atoms with van der Waals surface area (Å²) >= 11 is 3.39. The number of aryl methyl sites for hydroxylation is 1. The molecule has 2 rings (SSSR count). The van der Waals surface area contributed by atoms with E-state index in [2.05, 4.69) is 20.9 Å². The molecule has 0 bridgehead atoms. The van der Waals surface area contributed by atoms with E-state index in [9.17, 15) is 0 Å². The maximum absolute atomic E-state index is 6.10. The van der Waals surface area contributed by atoms with Crippen molar-refractivity contribution in [3.8, 4) is 0 Å². The van der Waals surface area contributed by atoms with Crippen molar-refractivity contribution in [2.24, 2.45) is 5.73 Å². The summed E-state index contributed by atoms with van der Waals surface area (Å²) in [5.74, 6) is 0.728. The molecule has 0 fully saturated rings. The number of aromatic nitrogens is 1. The second kappa shape index (κ2) is 4.16. The largest absolute Gasteiger partial charge is 0.466 e. The summed E-state index contributed by atoms with van der Waals surface area (Å²) in [5, 5.41) is 0. The second-order valence-corrected chi connectivity index (χ2v) is 4.14. The highest BCUT2D eigenvalue weighted by atomic mass is 79.9. The van der Waals surface area contributed by atoms with Crippen LogP contribution in [0.5, 0.6) is 0 Å². The van der Waals surface area contributed by atoms with Crippen LogP contribution in [0.1, 0.15) is 23.1 Å². The van der Waals surface area contributed by atoms with Crippen molar-refractivity contribution < 1.29 is 4.42 Å². The molecule has 2 aromatic rings. The van der Waals surface area contributed by atoms with Crippen LogP contribution in [0, 0.1) is 6.92 Å². The van der Waals surface area contributed by atoms with Gasteiger partial charge in [0, 0.05) is 11.9 Å². The summed E-state index contributed by atoms with van der Waals surface area (Å²) in [6.07, 6.45) is 3.37. The zero-order valence-corrected chi connectivity index (χ0v) is 9.86. The van der Waals surface area contributed by atoms with Crippen molar-refractivity contribution in [3.05, 3.63) is 52.1 Å². The Hall–Kier alpha value is -1.13. The first-order chi connectivity index (χ1) is 7.20. The number of hydrogen-bond acceptors (Lipinski definition) is 3. The Bertz CT molecular complexity index is 467. The molecule has 0 amide bonds. The van der Waals surface area contributed by atoms with Crippen LogP contribution >= 0.6 is 15.9 Å². The highest BCUT2D eigenvalue weighted by Gasteiger charge is 2.17. The van der Waals surface area contributed by atoms with Crippen molar-refractivity contribution >= 4 is 15.9 Å². The van der Waals surface area contributed by atoms with E-state index in [0.717, 1.165) is 21.5 Å². The summed E-state index contributed by atoms with van der Waals surface area (Å²) in [6, 6.07) is 5.39. The Morgan fingerprint density at radius 2 is 2.27 bits per heavy atom. The standard InChI is InChI=1S/C11H11BrN2O/c1-7-8(3-2-5-14-7)10(13)11-9(12)4-6-15-11/h2-6,10H,13H2,1H3. The van der Waals surface area contributed by atoms with Crippen LogP contribution in [0.4, 0.5) is 0 Å². The number of pyridine rings is 1. The molecule has 4 heteroatoms. The maximum atomic E-state index is 6.10. The van der Waals surface area contributed by atoms with Crippen LogP contribution in [-0.4, -0.2) is 4.98 Å². The lowest BCUT2D eigenvalue weighted by atomic mass is 10.0. The monoisotopic (exact) mass is 266 g/mol. The molecule has 0 aromatic carbocycles. The van der Waals surface area contributed by atoms with E-state index < -0.39 is 0 Å². The van der Waals surface area contributed by atoms with Crippen LogP contribution in [-0.2, 0) is 0 Å². The van der Waals surface area contributed by atoms with Gasteiger partial charge in [-0.3, -0.25) is 4.98 Å². The first-order valence-corrected chi connectivity index (χ1v) is 5.39. The van der Waals surface area contributed by atoms with Gasteiger partial charge in [-0.1, -0.05) is 6.07 Å². The van der Waals surface area contributed by atoms with Crippen molar-refractivity contribution in [2.75, 3.05) is 0 Å². The third-order valence-corrected chi connectivity index (χ3v) is 2.97. The summed E-state index contributed by atoms with van der Waals surface area (Å²) in [4.78, 5) is 4.20. The van der Waals surface area contributed by atoms with Gasteiger partial charge in [-0.25, -0.2) is 0 Å². The molecule has 78 valence electrons. The topological polar surface area (TPSA) is 52.0 Å². The fourth-order valence-corrected chi connectivity index (χ4v) is 1.94. The van der Waals surface area contributed by atoms with Crippen LogP contribution < -0.4 is 5.73 Å². The highest BCUT2D eigenvalue weighted by molar-refractivity contribution is 9.10. The number of hydrogen-bond donors (Lipinski definition) is 1. The molecular formula is C11H11BrN2O. The molecule has 3 nitrogen and oxygen atoms in total. The zero-order valence-electron chi connectivity index (χ0n) is 8.27. The SMILES string of the molecule is Cc1ncccc1C(N)c1occc1Br. The van der Waals surface area contributed by atoms with Gasteiger partial charge in [0.1, 0.15) is 5.76 Å². The number of nitrogens with two attached hydrogens (primary N) is 1. The first kappa shape index (κ1) is 10.4. The summed E-state index contributed by atoms with van der Waals surface area (Å²) in [7, 11) is 0. The molecule has 0 saturated heterocycles. The van der Waals surface area contributed by atoms with Gasteiger partial charge in [0.05, 0.1) is 16.8 Å². The number of furan rings is 1. The Kier molecular flexibility index (Phi) is 2.88. The second-order valence-electron chi connectivity index (χ2n) is 3.29. The van der Waals surface area contributed by atoms with Gasteiger partial charge in [0.25, 0.3) is 0 Å². The first-order valence-electron chi connectivity index (χ1n) is 4.60. The molecule has 2 N–H and O–H groups in total. The van der Waals surface area contributed by atoms with Gasteiger partial charge in [-0.15, -0.1) is 0 Å². The van der Waals surface area contributed by atoms with Crippen molar-refractivity contribution in [3.63, 3.8) is 0 Å². The predicted octanol–water partition coefficient (Wildman–Crippen LogP) is 2.79. The fourth-order valence-electron chi connectivity index (χ4n) is 1.49. The van der Waals surface area contributed by atoms with E-state index in [1.807, 2.05) is 25.1 Å². The van der Waals surface area contributed by atoms with Crippen LogP contribution in [0.3, 0.4) is 0 Å². The fraction of sp³-hybridized carbons (Fsp3) is 0.182. The van der Waals surface area contributed by atoms with Crippen molar-refractivity contribution in [2.45, 2.75) is 13.0 Å². The molecule has 0 spiro atoms. The molecule has 0 aliphatic heterocycles.